The molecule has 0 spiro atoms. The van der Waals surface area contributed by atoms with Crippen LogP contribution >= 0.6 is 0 Å². The third kappa shape index (κ3) is 5.39. The molecule has 5 heteroatoms. The Morgan fingerprint density at radius 3 is 2.58 bits per heavy atom. The Morgan fingerprint density at radius 1 is 1.09 bits per heavy atom. The summed E-state index contributed by atoms with van der Waals surface area (Å²) < 4.78 is 5.94. The predicted octanol–water partition coefficient (Wildman–Crippen LogP) is 5.16. The largest absolute Gasteiger partial charge is 0.376 e. The molecule has 1 amide bonds. The van der Waals surface area contributed by atoms with Crippen molar-refractivity contribution in [2.24, 2.45) is 17.8 Å². The van der Waals surface area contributed by atoms with Gasteiger partial charge in [0.05, 0.1) is 6.10 Å². The smallest absolute Gasteiger partial charge is 0.262 e. The Kier molecular flexibility index (Phi) is 7.35. The van der Waals surface area contributed by atoms with E-state index in [9.17, 15) is 10.1 Å². The quantitative estimate of drug-likeness (QED) is 0.510. The second kappa shape index (κ2) is 10.4. The van der Waals surface area contributed by atoms with Gasteiger partial charge in [-0.3, -0.25) is 4.79 Å². The third-order valence-electron chi connectivity index (χ3n) is 7.60. The maximum Gasteiger partial charge on any atom is 0.262 e. The first kappa shape index (κ1) is 23.3. The van der Waals surface area contributed by atoms with E-state index < -0.39 is 0 Å². The number of hydrogen-bond acceptors (Lipinski definition) is 4. The van der Waals surface area contributed by atoms with Gasteiger partial charge in [-0.2, -0.15) is 5.26 Å². The van der Waals surface area contributed by atoms with Gasteiger partial charge >= 0.3 is 0 Å². The molecule has 0 saturated carbocycles. The molecule has 2 aromatic rings. The Bertz CT molecular complexity index is 1060. The average molecular weight is 446 g/mol. The van der Waals surface area contributed by atoms with Crippen LogP contribution in [-0.2, 0) is 9.53 Å². The SMILES string of the molecule is CC1CO[C@H](CNC(=O)/C(C#N)=C/c2ccc3cc(N4CCCCC4)ccc3c2)C(C)C1C. The minimum absolute atomic E-state index is 0.0186. The number of rotatable bonds is 5. The number of piperidine rings is 1. The standard InChI is InChI=1S/C28H35N3O2/c1-19-18-33-27(21(3)20(19)2)17-30-28(32)25(16-29)14-22-7-8-24-15-26(10-9-23(24)13-22)31-11-5-4-6-12-31/h7-10,13-15,19-21,27H,4-6,11-12,17-18H2,1-3H3,(H,30,32)/b25-14+/t19?,20?,21?,27-/m1/s1. The normalized spacial score (nSPS) is 26.1. The molecule has 0 radical (unpaired) electrons. The van der Waals surface area contributed by atoms with E-state index in [-0.39, 0.29) is 17.6 Å². The summed E-state index contributed by atoms with van der Waals surface area (Å²) in [6, 6.07) is 14.7. The van der Waals surface area contributed by atoms with E-state index in [4.69, 9.17) is 4.74 Å². The van der Waals surface area contributed by atoms with Crippen molar-refractivity contribution in [3.8, 4) is 6.07 Å². The van der Waals surface area contributed by atoms with Gasteiger partial charge in [0.2, 0.25) is 0 Å². The van der Waals surface area contributed by atoms with Gasteiger partial charge in [-0.1, -0.05) is 39.0 Å². The third-order valence-corrected chi connectivity index (χ3v) is 7.60. The van der Waals surface area contributed by atoms with Crippen molar-refractivity contribution in [1.29, 1.82) is 5.26 Å². The highest BCUT2D eigenvalue weighted by Crippen LogP contribution is 2.30. The van der Waals surface area contributed by atoms with Crippen molar-refractivity contribution < 1.29 is 9.53 Å². The summed E-state index contributed by atoms with van der Waals surface area (Å²) in [5, 5.41) is 14.8. The highest BCUT2D eigenvalue weighted by Gasteiger charge is 2.32. The summed E-state index contributed by atoms with van der Waals surface area (Å²) in [7, 11) is 0. The summed E-state index contributed by atoms with van der Waals surface area (Å²) in [5.41, 5.74) is 2.24. The molecule has 0 bridgehead atoms. The fourth-order valence-electron chi connectivity index (χ4n) is 4.97. The molecule has 1 N–H and O–H groups in total. The molecule has 2 aliphatic heterocycles. The van der Waals surface area contributed by atoms with Gasteiger partial charge in [-0.25, -0.2) is 0 Å². The molecule has 33 heavy (non-hydrogen) atoms. The first-order valence-electron chi connectivity index (χ1n) is 12.3. The molecule has 4 rings (SSSR count). The van der Waals surface area contributed by atoms with Crippen LogP contribution in [0.2, 0.25) is 0 Å². The molecule has 5 nitrogen and oxygen atoms in total. The van der Waals surface area contributed by atoms with Gasteiger partial charge in [0, 0.05) is 31.9 Å². The Morgan fingerprint density at radius 2 is 1.82 bits per heavy atom. The van der Waals surface area contributed by atoms with E-state index in [1.807, 2.05) is 12.1 Å². The molecule has 2 saturated heterocycles. The second-order valence-electron chi connectivity index (χ2n) is 9.79. The predicted molar refractivity (Wildman–Crippen MR) is 134 cm³/mol. The number of anilines is 1. The Labute approximate surface area is 197 Å². The van der Waals surface area contributed by atoms with Gasteiger partial charge in [-0.15, -0.1) is 0 Å². The van der Waals surface area contributed by atoms with Gasteiger partial charge in [0.25, 0.3) is 5.91 Å². The lowest BCUT2D eigenvalue weighted by molar-refractivity contribution is -0.119. The number of fused-ring (bicyclic) bond motifs is 1. The number of carbonyl (C=O) groups is 1. The molecule has 0 aromatic heterocycles. The molecule has 4 atom stereocenters. The highest BCUT2D eigenvalue weighted by atomic mass is 16.5. The fourth-order valence-corrected chi connectivity index (χ4v) is 4.97. The molecule has 0 aliphatic carbocycles. The number of nitrogens with one attached hydrogen (secondary N) is 1. The monoisotopic (exact) mass is 445 g/mol. The van der Waals surface area contributed by atoms with Crippen molar-refractivity contribution in [3.05, 3.63) is 47.5 Å². The van der Waals surface area contributed by atoms with E-state index >= 15 is 0 Å². The van der Waals surface area contributed by atoms with Gasteiger partial charge in [0.1, 0.15) is 11.6 Å². The number of nitriles is 1. The number of benzene rings is 2. The lowest BCUT2D eigenvalue weighted by Gasteiger charge is -2.38. The zero-order chi connectivity index (χ0) is 23.4. The Hall–Kier alpha value is -2.84. The van der Waals surface area contributed by atoms with Crippen molar-refractivity contribution >= 4 is 28.4 Å². The summed E-state index contributed by atoms with van der Waals surface area (Å²) in [6.07, 6.45) is 5.48. The lowest BCUT2D eigenvalue weighted by atomic mass is 9.80. The fraction of sp³-hybridized carbons (Fsp3) is 0.500. The van der Waals surface area contributed by atoms with Crippen LogP contribution in [0.5, 0.6) is 0 Å². The molecule has 2 fully saturated rings. The molecular weight excluding hydrogens is 410 g/mol. The van der Waals surface area contributed by atoms with Crippen LogP contribution in [0.4, 0.5) is 5.69 Å². The van der Waals surface area contributed by atoms with Gasteiger partial charge in [0.15, 0.2) is 0 Å². The number of ether oxygens (including phenoxy) is 1. The number of nitrogens with zero attached hydrogens (tertiary/aromatic N) is 2. The van der Waals surface area contributed by atoms with E-state index in [1.165, 1.54) is 30.3 Å². The zero-order valence-electron chi connectivity index (χ0n) is 20.0. The van der Waals surface area contributed by atoms with E-state index in [0.717, 1.165) is 24.0 Å². The number of carbonyl (C=O) groups excluding carboxylic acids is 1. The van der Waals surface area contributed by atoms with Gasteiger partial charge < -0.3 is 15.0 Å². The molecule has 2 heterocycles. The van der Waals surface area contributed by atoms with Crippen LogP contribution in [0.3, 0.4) is 0 Å². The number of amides is 1. The van der Waals surface area contributed by atoms with Crippen molar-refractivity contribution in [1.82, 2.24) is 5.32 Å². The van der Waals surface area contributed by atoms with Gasteiger partial charge in [-0.05, 0) is 77.6 Å². The Balaban J connectivity index is 1.44. The topological polar surface area (TPSA) is 65.4 Å². The van der Waals surface area contributed by atoms with E-state index in [1.54, 1.807) is 6.08 Å². The molecule has 174 valence electrons. The number of hydrogen-bond donors (Lipinski definition) is 1. The van der Waals surface area contributed by atoms with Crippen LogP contribution in [0.25, 0.3) is 16.8 Å². The van der Waals surface area contributed by atoms with Crippen LogP contribution in [0, 0.1) is 29.1 Å². The summed E-state index contributed by atoms with van der Waals surface area (Å²) in [6.45, 7) is 9.98. The molecule has 2 aliphatic rings. The maximum absolute atomic E-state index is 12.7. The summed E-state index contributed by atoms with van der Waals surface area (Å²) >= 11 is 0. The highest BCUT2D eigenvalue weighted by molar-refractivity contribution is 6.02. The van der Waals surface area contributed by atoms with E-state index in [2.05, 4.69) is 61.3 Å². The summed E-state index contributed by atoms with van der Waals surface area (Å²) in [4.78, 5) is 15.1. The zero-order valence-corrected chi connectivity index (χ0v) is 20.0. The summed E-state index contributed by atoms with van der Waals surface area (Å²) in [5.74, 6) is 1.07. The first-order valence-corrected chi connectivity index (χ1v) is 12.3. The second-order valence-corrected chi connectivity index (χ2v) is 9.79. The van der Waals surface area contributed by atoms with Crippen molar-refractivity contribution in [2.45, 2.75) is 46.1 Å². The maximum atomic E-state index is 12.7. The minimum atomic E-state index is -0.347. The first-order chi connectivity index (χ1) is 16.0. The lowest BCUT2D eigenvalue weighted by Crippen LogP contribution is -2.45. The van der Waals surface area contributed by atoms with Crippen molar-refractivity contribution in [3.63, 3.8) is 0 Å². The van der Waals surface area contributed by atoms with Crippen molar-refractivity contribution in [2.75, 3.05) is 31.1 Å². The van der Waals surface area contributed by atoms with Crippen LogP contribution in [-0.4, -0.2) is 38.3 Å². The minimum Gasteiger partial charge on any atom is -0.376 e. The van der Waals surface area contributed by atoms with Crippen LogP contribution in [0.15, 0.2) is 42.0 Å². The van der Waals surface area contributed by atoms with Crippen LogP contribution < -0.4 is 10.2 Å². The molecular formula is C28H35N3O2. The van der Waals surface area contributed by atoms with E-state index in [0.29, 0.717) is 30.9 Å². The van der Waals surface area contributed by atoms with Crippen LogP contribution in [0.1, 0.15) is 45.6 Å². The average Bonchev–Trinajstić information content (AvgIpc) is 2.85. The molecule has 3 unspecified atom stereocenters. The molecule has 2 aromatic carbocycles.